The molecule has 2 unspecified atom stereocenters. The van der Waals surface area contributed by atoms with Crippen LogP contribution < -0.4 is 14.8 Å². The molecule has 0 spiro atoms. The van der Waals surface area contributed by atoms with Gasteiger partial charge in [0.15, 0.2) is 11.5 Å². The summed E-state index contributed by atoms with van der Waals surface area (Å²) >= 11 is 0. The van der Waals surface area contributed by atoms with Gasteiger partial charge in [0, 0.05) is 19.0 Å². The molecule has 0 aromatic heterocycles. The number of carbonyl (C=O) groups is 1. The molecule has 2 aliphatic rings. The summed E-state index contributed by atoms with van der Waals surface area (Å²) in [5.74, 6) is 1.77. The molecule has 2 heterocycles. The highest BCUT2D eigenvalue weighted by molar-refractivity contribution is 5.76. The van der Waals surface area contributed by atoms with Crippen LogP contribution in [-0.4, -0.2) is 61.4 Å². The van der Waals surface area contributed by atoms with Crippen molar-refractivity contribution in [3.8, 4) is 11.5 Å². The molecule has 2 atom stereocenters. The van der Waals surface area contributed by atoms with Crippen LogP contribution in [0.4, 0.5) is 0 Å². The number of fused-ring (bicyclic) bond motifs is 1. The van der Waals surface area contributed by atoms with Gasteiger partial charge in [-0.3, -0.25) is 9.69 Å². The van der Waals surface area contributed by atoms with Crippen LogP contribution in [0.1, 0.15) is 45.1 Å². The van der Waals surface area contributed by atoms with E-state index in [2.05, 4.69) is 48.1 Å². The van der Waals surface area contributed by atoms with Crippen molar-refractivity contribution < 1.29 is 14.3 Å². The van der Waals surface area contributed by atoms with E-state index in [-0.39, 0.29) is 12.1 Å². The number of ether oxygens (including phenoxy) is 2. The molecule has 1 aromatic carbocycles. The molecule has 3 rings (SSSR count). The number of likely N-dealkylation sites (tertiary alicyclic amines) is 1. The second-order valence-electron chi connectivity index (χ2n) is 7.80. The van der Waals surface area contributed by atoms with E-state index < -0.39 is 0 Å². The van der Waals surface area contributed by atoms with Crippen molar-refractivity contribution in [1.29, 1.82) is 0 Å². The molecule has 1 aromatic rings. The Balaban J connectivity index is 1.43. The average molecular weight is 376 g/mol. The van der Waals surface area contributed by atoms with Gasteiger partial charge in [-0.1, -0.05) is 12.5 Å². The lowest BCUT2D eigenvalue weighted by Crippen LogP contribution is -2.49. The van der Waals surface area contributed by atoms with Gasteiger partial charge in [0.2, 0.25) is 12.7 Å². The maximum atomic E-state index is 12.3. The van der Waals surface area contributed by atoms with Gasteiger partial charge >= 0.3 is 0 Å². The molecule has 150 valence electrons. The number of nitrogens with zero attached hydrogens (tertiary/aromatic N) is 2. The Morgan fingerprint density at radius 3 is 2.70 bits per heavy atom. The van der Waals surface area contributed by atoms with E-state index in [0.717, 1.165) is 37.6 Å². The molecule has 6 heteroatoms. The number of nitrogens with one attached hydrogen (secondary N) is 1. The minimum Gasteiger partial charge on any atom is -0.454 e. The molecule has 0 radical (unpaired) electrons. The molecular weight excluding hydrogens is 342 g/mol. The fraction of sp³-hybridized carbons (Fsp3) is 0.667. The van der Waals surface area contributed by atoms with Crippen LogP contribution in [0.25, 0.3) is 0 Å². The van der Waals surface area contributed by atoms with Crippen LogP contribution in [0, 0.1) is 0 Å². The predicted octanol–water partition coefficient (Wildman–Crippen LogP) is 2.62. The van der Waals surface area contributed by atoms with Crippen LogP contribution in [-0.2, 0) is 11.2 Å². The lowest BCUT2D eigenvalue weighted by atomic mass is 10.1. The minimum absolute atomic E-state index is 0.00265. The Morgan fingerprint density at radius 1 is 1.19 bits per heavy atom. The molecule has 27 heavy (non-hydrogen) atoms. The normalized spacial score (nSPS) is 19.1. The third kappa shape index (κ3) is 5.59. The quantitative estimate of drug-likeness (QED) is 0.708. The van der Waals surface area contributed by atoms with Gasteiger partial charge in [-0.2, -0.15) is 0 Å². The SMILES string of the molecule is CC(Cc1ccc2c(c1)OCO2)N(C)C(C)NC(=O)CCN1CCCCC1. The summed E-state index contributed by atoms with van der Waals surface area (Å²) < 4.78 is 10.8. The number of likely N-dealkylation sites (N-methyl/N-ethyl adjacent to an activating group) is 1. The number of carbonyl (C=O) groups excluding carboxylic acids is 1. The van der Waals surface area contributed by atoms with Gasteiger partial charge in [0.25, 0.3) is 0 Å². The first-order chi connectivity index (χ1) is 13.0. The zero-order valence-corrected chi connectivity index (χ0v) is 16.9. The van der Waals surface area contributed by atoms with E-state index in [4.69, 9.17) is 9.47 Å². The molecule has 0 aliphatic carbocycles. The first-order valence-corrected chi connectivity index (χ1v) is 10.1. The number of hydrogen-bond acceptors (Lipinski definition) is 5. The molecule has 1 fully saturated rings. The molecule has 1 saturated heterocycles. The number of rotatable bonds is 8. The van der Waals surface area contributed by atoms with Crippen molar-refractivity contribution in [3.63, 3.8) is 0 Å². The standard InChI is InChI=1S/C21H33N3O3/c1-16(13-18-7-8-19-20(14-18)27-15-26-19)23(3)17(2)22-21(25)9-12-24-10-5-4-6-11-24/h7-8,14,16-17H,4-6,9-13,15H2,1-3H3,(H,22,25). The van der Waals surface area contributed by atoms with E-state index >= 15 is 0 Å². The highest BCUT2D eigenvalue weighted by Crippen LogP contribution is 2.33. The van der Waals surface area contributed by atoms with Crippen molar-refractivity contribution in [2.24, 2.45) is 0 Å². The van der Waals surface area contributed by atoms with Gasteiger partial charge in [0.05, 0.1) is 6.17 Å². The lowest BCUT2D eigenvalue weighted by molar-refractivity contribution is -0.123. The third-order valence-corrected chi connectivity index (χ3v) is 5.75. The summed E-state index contributed by atoms with van der Waals surface area (Å²) in [6.07, 6.45) is 5.32. The van der Waals surface area contributed by atoms with Gasteiger partial charge in [-0.25, -0.2) is 0 Å². The number of hydrogen-bond donors (Lipinski definition) is 1. The van der Waals surface area contributed by atoms with E-state index in [0.29, 0.717) is 19.3 Å². The average Bonchev–Trinajstić information content (AvgIpc) is 3.14. The second kappa shape index (κ2) is 9.42. The third-order valence-electron chi connectivity index (χ3n) is 5.75. The van der Waals surface area contributed by atoms with Crippen molar-refractivity contribution in [3.05, 3.63) is 23.8 Å². The Bertz CT molecular complexity index is 631. The maximum Gasteiger partial charge on any atom is 0.231 e. The molecule has 1 N–H and O–H groups in total. The Labute approximate surface area is 162 Å². The van der Waals surface area contributed by atoms with E-state index in [9.17, 15) is 4.79 Å². The number of benzene rings is 1. The molecule has 0 bridgehead atoms. The summed E-state index contributed by atoms with van der Waals surface area (Å²) in [7, 11) is 2.06. The van der Waals surface area contributed by atoms with Crippen LogP contribution >= 0.6 is 0 Å². The van der Waals surface area contributed by atoms with Crippen molar-refractivity contribution in [2.75, 3.05) is 33.5 Å². The number of amides is 1. The first-order valence-electron chi connectivity index (χ1n) is 10.1. The first kappa shape index (κ1) is 20.0. The highest BCUT2D eigenvalue weighted by atomic mass is 16.7. The Hall–Kier alpha value is -1.79. The molecule has 6 nitrogen and oxygen atoms in total. The summed E-state index contributed by atoms with van der Waals surface area (Å²) in [6, 6.07) is 6.40. The van der Waals surface area contributed by atoms with Gasteiger partial charge in [-0.15, -0.1) is 0 Å². The molecule has 2 aliphatic heterocycles. The fourth-order valence-corrected chi connectivity index (χ4v) is 3.78. The van der Waals surface area contributed by atoms with Crippen molar-refractivity contribution in [2.45, 2.75) is 58.2 Å². The predicted molar refractivity (Wildman–Crippen MR) is 106 cm³/mol. The number of piperidine rings is 1. The van der Waals surface area contributed by atoms with E-state index in [1.165, 1.54) is 24.8 Å². The maximum absolute atomic E-state index is 12.3. The van der Waals surface area contributed by atoms with Crippen LogP contribution in [0.3, 0.4) is 0 Å². The van der Waals surface area contributed by atoms with Crippen LogP contribution in [0.2, 0.25) is 0 Å². The molecular formula is C21H33N3O3. The largest absolute Gasteiger partial charge is 0.454 e. The van der Waals surface area contributed by atoms with Crippen LogP contribution in [0.5, 0.6) is 11.5 Å². The van der Waals surface area contributed by atoms with Crippen molar-refractivity contribution >= 4 is 5.91 Å². The van der Waals surface area contributed by atoms with Crippen molar-refractivity contribution in [1.82, 2.24) is 15.1 Å². The van der Waals surface area contributed by atoms with E-state index in [1.54, 1.807) is 0 Å². The van der Waals surface area contributed by atoms with E-state index in [1.807, 2.05) is 6.07 Å². The summed E-state index contributed by atoms with van der Waals surface area (Å²) in [5.41, 5.74) is 1.21. The van der Waals surface area contributed by atoms with Gasteiger partial charge < -0.3 is 19.7 Å². The summed E-state index contributed by atoms with van der Waals surface area (Å²) in [4.78, 5) is 16.9. The van der Waals surface area contributed by atoms with Gasteiger partial charge in [-0.05, 0) is 70.9 Å². The molecule has 1 amide bonds. The minimum atomic E-state index is 0.00265. The summed E-state index contributed by atoms with van der Waals surface area (Å²) in [6.45, 7) is 7.67. The second-order valence-corrected chi connectivity index (χ2v) is 7.80. The van der Waals surface area contributed by atoms with Gasteiger partial charge in [0.1, 0.15) is 0 Å². The smallest absolute Gasteiger partial charge is 0.231 e. The zero-order valence-electron chi connectivity index (χ0n) is 16.9. The lowest BCUT2D eigenvalue weighted by Gasteiger charge is -2.32. The Morgan fingerprint density at radius 2 is 1.93 bits per heavy atom. The topological polar surface area (TPSA) is 54.0 Å². The van der Waals surface area contributed by atoms with Crippen LogP contribution in [0.15, 0.2) is 18.2 Å². The zero-order chi connectivity index (χ0) is 19.2. The molecule has 0 saturated carbocycles. The summed E-state index contributed by atoms with van der Waals surface area (Å²) in [5, 5.41) is 3.14. The fourth-order valence-electron chi connectivity index (χ4n) is 3.78. The monoisotopic (exact) mass is 375 g/mol. The Kier molecular flexibility index (Phi) is 6.96. The highest BCUT2D eigenvalue weighted by Gasteiger charge is 2.20.